The fraction of sp³-hybridized carbons (Fsp3) is 0.286. The Balaban J connectivity index is 1.99. The summed E-state index contributed by atoms with van der Waals surface area (Å²) in [7, 11) is 0. The van der Waals surface area contributed by atoms with Crippen LogP contribution in [0.1, 0.15) is 23.1 Å². The first kappa shape index (κ1) is 13.9. The predicted octanol–water partition coefficient (Wildman–Crippen LogP) is 1.40. The highest BCUT2D eigenvalue weighted by Crippen LogP contribution is 2.20. The van der Waals surface area contributed by atoms with Crippen molar-refractivity contribution in [1.82, 2.24) is 15.3 Å². The van der Waals surface area contributed by atoms with Gasteiger partial charge >= 0.3 is 0 Å². The number of nitrogens with one attached hydrogen (secondary N) is 3. The van der Waals surface area contributed by atoms with Gasteiger partial charge in [-0.3, -0.25) is 4.79 Å². The van der Waals surface area contributed by atoms with E-state index in [9.17, 15) is 4.79 Å². The quantitative estimate of drug-likeness (QED) is 0.598. The van der Waals surface area contributed by atoms with Crippen LogP contribution in [0.25, 0.3) is 0 Å². The van der Waals surface area contributed by atoms with E-state index in [4.69, 9.17) is 5.73 Å². The molecule has 5 N–H and O–H groups in total. The molecule has 2 rings (SSSR count). The van der Waals surface area contributed by atoms with Crippen molar-refractivity contribution in [3.8, 4) is 0 Å². The summed E-state index contributed by atoms with van der Waals surface area (Å²) in [5, 5.41) is 5.99. The van der Waals surface area contributed by atoms with Crippen molar-refractivity contribution in [2.45, 2.75) is 13.3 Å². The predicted molar refractivity (Wildman–Crippen MR) is 79.6 cm³/mol. The molecule has 0 aliphatic carbocycles. The van der Waals surface area contributed by atoms with Crippen LogP contribution in [0.5, 0.6) is 0 Å². The molecule has 2 aromatic rings. The molecule has 0 aliphatic heterocycles. The van der Waals surface area contributed by atoms with Crippen LogP contribution >= 0.6 is 0 Å². The molecule has 0 fully saturated rings. The lowest BCUT2D eigenvalue weighted by atomic mass is 10.1. The van der Waals surface area contributed by atoms with Gasteiger partial charge in [0, 0.05) is 37.5 Å². The first-order valence-corrected chi connectivity index (χ1v) is 6.60. The van der Waals surface area contributed by atoms with Crippen molar-refractivity contribution in [2.24, 2.45) is 0 Å². The van der Waals surface area contributed by atoms with E-state index in [0.717, 1.165) is 17.9 Å². The number of amides is 1. The average Bonchev–Trinajstić information content (AvgIpc) is 2.94. The first-order chi connectivity index (χ1) is 9.70. The molecule has 0 bridgehead atoms. The molecule has 0 aliphatic rings. The second kappa shape index (κ2) is 6.60. The fourth-order valence-electron chi connectivity index (χ4n) is 1.86. The Morgan fingerprint density at radius 2 is 2.30 bits per heavy atom. The molecule has 0 unspecified atom stereocenters. The molecule has 0 spiro atoms. The molecule has 0 radical (unpaired) electrons. The lowest BCUT2D eigenvalue weighted by molar-refractivity contribution is 0.0956. The average molecular weight is 273 g/mol. The van der Waals surface area contributed by atoms with E-state index in [2.05, 4.69) is 20.6 Å². The normalized spacial score (nSPS) is 10.2. The van der Waals surface area contributed by atoms with Crippen molar-refractivity contribution in [1.29, 1.82) is 0 Å². The highest BCUT2D eigenvalue weighted by atomic mass is 16.1. The molecule has 1 heterocycles. The number of hydrogen-bond acceptors (Lipinski definition) is 4. The van der Waals surface area contributed by atoms with Gasteiger partial charge in [0.05, 0.1) is 11.4 Å². The molecule has 0 atom stereocenters. The smallest absolute Gasteiger partial charge is 0.251 e. The Morgan fingerprint density at radius 3 is 3.00 bits per heavy atom. The van der Waals surface area contributed by atoms with Gasteiger partial charge in [-0.25, -0.2) is 4.98 Å². The maximum absolute atomic E-state index is 11.8. The van der Waals surface area contributed by atoms with Crippen molar-refractivity contribution >= 4 is 17.3 Å². The lowest BCUT2D eigenvalue weighted by Gasteiger charge is -2.10. The van der Waals surface area contributed by atoms with E-state index in [1.165, 1.54) is 0 Å². The number of carbonyl (C=O) groups excluding carboxylic acids is 1. The van der Waals surface area contributed by atoms with Crippen molar-refractivity contribution < 1.29 is 4.79 Å². The fourth-order valence-corrected chi connectivity index (χ4v) is 1.86. The number of rotatable bonds is 6. The minimum absolute atomic E-state index is 0.0958. The zero-order valence-electron chi connectivity index (χ0n) is 11.4. The Morgan fingerprint density at radius 1 is 1.45 bits per heavy atom. The molecule has 20 heavy (non-hydrogen) atoms. The Bertz CT molecular complexity index is 565. The van der Waals surface area contributed by atoms with Gasteiger partial charge in [-0.15, -0.1) is 0 Å². The van der Waals surface area contributed by atoms with Gasteiger partial charge in [-0.05, 0) is 25.1 Å². The van der Waals surface area contributed by atoms with Gasteiger partial charge in [0.1, 0.15) is 5.82 Å². The Labute approximate surface area is 117 Å². The SMILES string of the molecule is CCNC(=O)c1ccc(N)c(NCCc2ncc[nH]2)c1. The summed E-state index contributed by atoms with van der Waals surface area (Å²) < 4.78 is 0. The second-order valence-electron chi connectivity index (χ2n) is 4.37. The summed E-state index contributed by atoms with van der Waals surface area (Å²) in [5.74, 6) is 0.817. The van der Waals surface area contributed by atoms with Crippen LogP contribution in [0.3, 0.4) is 0 Å². The van der Waals surface area contributed by atoms with Crippen LogP contribution in [-0.2, 0) is 6.42 Å². The molecule has 106 valence electrons. The van der Waals surface area contributed by atoms with E-state index in [1.807, 2.05) is 6.92 Å². The molecule has 1 aromatic heterocycles. The maximum Gasteiger partial charge on any atom is 0.251 e. The van der Waals surface area contributed by atoms with E-state index < -0.39 is 0 Å². The summed E-state index contributed by atoms with van der Waals surface area (Å²) in [6, 6.07) is 5.22. The number of H-pyrrole nitrogens is 1. The van der Waals surface area contributed by atoms with Crippen LogP contribution < -0.4 is 16.4 Å². The standard InChI is InChI=1S/C14H19N5O/c1-2-16-14(20)10-3-4-11(15)12(9-10)17-6-5-13-18-7-8-19-13/h3-4,7-9,17H,2,5-6,15H2,1H3,(H,16,20)(H,18,19). The van der Waals surface area contributed by atoms with Gasteiger partial charge in [0.25, 0.3) is 5.91 Å². The Hall–Kier alpha value is -2.50. The molecule has 0 saturated carbocycles. The third kappa shape index (κ3) is 3.50. The molecule has 6 nitrogen and oxygen atoms in total. The maximum atomic E-state index is 11.8. The number of aromatic amines is 1. The van der Waals surface area contributed by atoms with Crippen molar-refractivity contribution in [3.63, 3.8) is 0 Å². The number of imidazole rings is 1. The number of hydrogen-bond donors (Lipinski definition) is 4. The Kier molecular flexibility index (Phi) is 4.60. The summed E-state index contributed by atoms with van der Waals surface area (Å²) in [5.41, 5.74) is 7.89. The summed E-state index contributed by atoms with van der Waals surface area (Å²) >= 11 is 0. The zero-order valence-corrected chi connectivity index (χ0v) is 11.4. The number of nitrogen functional groups attached to an aromatic ring is 1. The zero-order chi connectivity index (χ0) is 14.4. The molecule has 1 amide bonds. The van der Waals surface area contributed by atoms with Gasteiger partial charge in [-0.2, -0.15) is 0 Å². The number of anilines is 2. The minimum Gasteiger partial charge on any atom is -0.397 e. The summed E-state index contributed by atoms with van der Waals surface area (Å²) in [6.45, 7) is 3.18. The second-order valence-corrected chi connectivity index (χ2v) is 4.37. The molecule has 0 saturated heterocycles. The highest BCUT2D eigenvalue weighted by molar-refractivity contribution is 5.96. The van der Waals surface area contributed by atoms with Crippen molar-refractivity contribution in [3.05, 3.63) is 42.0 Å². The van der Waals surface area contributed by atoms with E-state index >= 15 is 0 Å². The van der Waals surface area contributed by atoms with Crippen LogP contribution in [-0.4, -0.2) is 29.0 Å². The van der Waals surface area contributed by atoms with E-state index in [1.54, 1.807) is 30.6 Å². The molecule has 1 aromatic carbocycles. The third-order valence-corrected chi connectivity index (χ3v) is 2.88. The van der Waals surface area contributed by atoms with Gasteiger partial charge in [0.2, 0.25) is 0 Å². The third-order valence-electron chi connectivity index (χ3n) is 2.88. The highest BCUT2D eigenvalue weighted by Gasteiger charge is 2.07. The summed E-state index contributed by atoms with van der Waals surface area (Å²) in [4.78, 5) is 19.0. The first-order valence-electron chi connectivity index (χ1n) is 6.60. The van der Waals surface area contributed by atoms with Crippen LogP contribution in [0.15, 0.2) is 30.6 Å². The number of carbonyl (C=O) groups is 1. The van der Waals surface area contributed by atoms with E-state index in [-0.39, 0.29) is 5.91 Å². The van der Waals surface area contributed by atoms with E-state index in [0.29, 0.717) is 24.3 Å². The number of aromatic nitrogens is 2. The van der Waals surface area contributed by atoms with Crippen LogP contribution in [0.2, 0.25) is 0 Å². The lowest BCUT2D eigenvalue weighted by Crippen LogP contribution is -2.22. The minimum atomic E-state index is -0.0958. The van der Waals surface area contributed by atoms with Crippen LogP contribution in [0.4, 0.5) is 11.4 Å². The molecular weight excluding hydrogens is 254 g/mol. The topological polar surface area (TPSA) is 95.8 Å². The van der Waals surface area contributed by atoms with Gasteiger partial charge in [-0.1, -0.05) is 0 Å². The largest absolute Gasteiger partial charge is 0.397 e. The monoisotopic (exact) mass is 273 g/mol. The number of benzene rings is 1. The molecular formula is C14H19N5O. The van der Waals surface area contributed by atoms with Gasteiger partial charge in [0.15, 0.2) is 0 Å². The molecule has 6 heteroatoms. The van der Waals surface area contributed by atoms with Crippen LogP contribution in [0, 0.1) is 0 Å². The summed E-state index contributed by atoms with van der Waals surface area (Å²) in [6.07, 6.45) is 4.27. The number of nitrogens with zero attached hydrogens (tertiary/aromatic N) is 1. The van der Waals surface area contributed by atoms with Gasteiger partial charge < -0.3 is 21.4 Å². The van der Waals surface area contributed by atoms with Crippen molar-refractivity contribution in [2.75, 3.05) is 24.1 Å². The number of nitrogens with two attached hydrogens (primary N) is 1.